The molecule has 1 aromatic rings. The smallest absolute Gasteiger partial charge is 0.257 e. The molecular formula is C13H18N2O4S. The third-order valence-electron chi connectivity index (χ3n) is 3.27. The minimum absolute atomic E-state index is 0.148. The van der Waals surface area contributed by atoms with Crippen LogP contribution in [0.3, 0.4) is 0 Å². The summed E-state index contributed by atoms with van der Waals surface area (Å²) >= 11 is 0. The maximum absolute atomic E-state index is 11.6. The molecule has 1 heterocycles. The molecule has 1 amide bonds. The highest BCUT2D eigenvalue weighted by atomic mass is 32.2. The molecule has 1 aliphatic rings. The first-order valence-corrected chi connectivity index (χ1v) is 8.16. The molecule has 20 heavy (non-hydrogen) atoms. The lowest BCUT2D eigenvalue weighted by Gasteiger charge is -2.12. The van der Waals surface area contributed by atoms with Crippen LogP contribution in [0, 0.1) is 0 Å². The van der Waals surface area contributed by atoms with Crippen LogP contribution >= 0.6 is 0 Å². The zero-order chi connectivity index (χ0) is 14.6. The highest BCUT2D eigenvalue weighted by Gasteiger charge is 2.31. The van der Waals surface area contributed by atoms with E-state index in [1.54, 1.807) is 24.3 Å². The first-order chi connectivity index (χ1) is 9.49. The lowest BCUT2D eigenvalue weighted by atomic mass is 10.2. The van der Waals surface area contributed by atoms with Gasteiger partial charge in [-0.3, -0.25) is 4.79 Å². The fraction of sp³-hybridized carbons (Fsp3) is 0.462. The van der Waals surface area contributed by atoms with E-state index in [9.17, 15) is 13.2 Å². The number of benzene rings is 1. The van der Waals surface area contributed by atoms with Gasteiger partial charge < -0.3 is 15.8 Å². The van der Waals surface area contributed by atoms with Gasteiger partial charge in [0.2, 0.25) is 0 Å². The standard InChI is InChI=1S/C13H18N2O4S/c14-11-5-1-2-6-12(11)19-9-13(16)15-8-10-4-3-7-20(10,17)18/h1-2,5-6,10H,3-4,7-9,14H2,(H,15,16). The highest BCUT2D eigenvalue weighted by molar-refractivity contribution is 7.92. The molecular weight excluding hydrogens is 280 g/mol. The number of anilines is 1. The van der Waals surface area contributed by atoms with Crippen molar-refractivity contribution in [3.63, 3.8) is 0 Å². The summed E-state index contributed by atoms with van der Waals surface area (Å²) in [7, 11) is -3.03. The van der Waals surface area contributed by atoms with Gasteiger partial charge in [0, 0.05) is 6.54 Å². The van der Waals surface area contributed by atoms with Gasteiger partial charge in [-0.1, -0.05) is 12.1 Å². The summed E-state index contributed by atoms with van der Waals surface area (Å²) in [6.07, 6.45) is 1.27. The van der Waals surface area contributed by atoms with Crippen LogP contribution in [0.15, 0.2) is 24.3 Å². The molecule has 2 rings (SSSR count). The minimum atomic E-state index is -3.03. The molecule has 7 heteroatoms. The van der Waals surface area contributed by atoms with E-state index in [0.29, 0.717) is 24.3 Å². The number of amides is 1. The minimum Gasteiger partial charge on any atom is -0.482 e. The number of carbonyl (C=O) groups excluding carboxylic acids is 1. The zero-order valence-electron chi connectivity index (χ0n) is 11.0. The Morgan fingerprint density at radius 3 is 2.80 bits per heavy atom. The third kappa shape index (κ3) is 3.63. The van der Waals surface area contributed by atoms with Crippen molar-refractivity contribution in [1.82, 2.24) is 5.32 Å². The molecule has 0 radical (unpaired) electrons. The van der Waals surface area contributed by atoms with Gasteiger partial charge in [-0.05, 0) is 25.0 Å². The van der Waals surface area contributed by atoms with E-state index in [4.69, 9.17) is 10.5 Å². The molecule has 0 saturated carbocycles. The number of ether oxygens (including phenoxy) is 1. The van der Waals surface area contributed by atoms with E-state index in [2.05, 4.69) is 5.32 Å². The summed E-state index contributed by atoms with van der Waals surface area (Å²) in [4.78, 5) is 11.6. The largest absolute Gasteiger partial charge is 0.482 e. The van der Waals surface area contributed by atoms with E-state index in [1.165, 1.54) is 0 Å². The lowest BCUT2D eigenvalue weighted by Crippen LogP contribution is -2.37. The van der Waals surface area contributed by atoms with Gasteiger partial charge in [0.05, 0.1) is 16.7 Å². The Hall–Kier alpha value is -1.76. The summed E-state index contributed by atoms with van der Waals surface area (Å²) in [6, 6.07) is 6.88. The van der Waals surface area contributed by atoms with Crippen molar-refractivity contribution in [2.24, 2.45) is 0 Å². The molecule has 1 unspecified atom stereocenters. The van der Waals surface area contributed by atoms with Crippen molar-refractivity contribution < 1.29 is 17.9 Å². The summed E-state index contributed by atoms with van der Waals surface area (Å²) in [6.45, 7) is -0.0320. The number of hydrogen-bond acceptors (Lipinski definition) is 5. The van der Waals surface area contributed by atoms with Crippen LogP contribution in [0.1, 0.15) is 12.8 Å². The summed E-state index contributed by atoms with van der Waals surface area (Å²) in [5, 5.41) is 2.12. The summed E-state index contributed by atoms with van der Waals surface area (Å²) in [5.74, 6) is 0.302. The number of nitrogens with one attached hydrogen (secondary N) is 1. The van der Waals surface area contributed by atoms with E-state index < -0.39 is 15.1 Å². The van der Waals surface area contributed by atoms with Gasteiger partial charge >= 0.3 is 0 Å². The number of carbonyl (C=O) groups is 1. The Morgan fingerprint density at radius 1 is 1.40 bits per heavy atom. The lowest BCUT2D eigenvalue weighted by molar-refractivity contribution is -0.123. The highest BCUT2D eigenvalue weighted by Crippen LogP contribution is 2.20. The molecule has 1 aromatic carbocycles. The van der Waals surface area contributed by atoms with Crippen LogP contribution in [-0.2, 0) is 14.6 Å². The van der Waals surface area contributed by atoms with Crippen molar-refractivity contribution in [3.8, 4) is 5.75 Å². The van der Waals surface area contributed by atoms with Gasteiger partial charge in [-0.15, -0.1) is 0 Å². The van der Waals surface area contributed by atoms with Crippen LogP contribution in [0.2, 0.25) is 0 Å². The van der Waals surface area contributed by atoms with Crippen LogP contribution < -0.4 is 15.8 Å². The van der Waals surface area contributed by atoms with E-state index in [1.807, 2.05) is 0 Å². The fourth-order valence-electron chi connectivity index (χ4n) is 2.12. The maximum Gasteiger partial charge on any atom is 0.257 e. The number of nitrogens with two attached hydrogens (primary N) is 1. The quantitative estimate of drug-likeness (QED) is 0.764. The normalized spacial score (nSPS) is 20.5. The van der Waals surface area contributed by atoms with Gasteiger partial charge in [0.15, 0.2) is 16.4 Å². The fourth-order valence-corrected chi connectivity index (χ4v) is 3.89. The van der Waals surface area contributed by atoms with Crippen molar-refractivity contribution in [3.05, 3.63) is 24.3 Å². The molecule has 0 bridgehead atoms. The van der Waals surface area contributed by atoms with Gasteiger partial charge in [-0.25, -0.2) is 8.42 Å². The van der Waals surface area contributed by atoms with E-state index in [0.717, 1.165) is 0 Å². The Morgan fingerprint density at radius 2 is 2.15 bits per heavy atom. The number of sulfone groups is 1. The molecule has 0 spiro atoms. The summed E-state index contributed by atoms with van der Waals surface area (Å²) in [5.41, 5.74) is 6.14. The predicted octanol–water partition coefficient (Wildman–Crippen LogP) is 0.341. The Balaban J connectivity index is 1.78. The first kappa shape index (κ1) is 14.6. The Labute approximate surface area is 118 Å². The number of rotatable bonds is 5. The molecule has 6 nitrogen and oxygen atoms in total. The summed E-state index contributed by atoms with van der Waals surface area (Å²) < 4.78 is 28.5. The van der Waals surface area contributed by atoms with Crippen LogP contribution in [0.5, 0.6) is 5.75 Å². The third-order valence-corrected chi connectivity index (χ3v) is 5.54. The molecule has 3 N–H and O–H groups in total. The predicted molar refractivity (Wildman–Crippen MR) is 76.2 cm³/mol. The van der Waals surface area contributed by atoms with Gasteiger partial charge in [0.25, 0.3) is 5.91 Å². The van der Waals surface area contributed by atoms with Crippen molar-refractivity contribution in [2.45, 2.75) is 18.1 Å². The molecule has 110 valence electrons. The van der Waals surface area contributed by atoms with Gasteiger partial charge in [-0.2, -0.15) is 0 Å². The molecule has 1 atom stereocenters. The Kier molecular flexibility index (Phi) is 4.49. The number of para-hydroxylation sites is 2. The molecule has 1 aliphatic heterocycles. The Bertz CT molecular complexity index is 586. The number of nitrogen functional groups attached to an aromatic ring is 1. The van der Waals surface area contributed by atoms with Crippen LogP contribution in [-0.4, -0.2) is 38.5 Å². The molecule has 1 saturated heterocycles. The molecule has 1 fully saturated rings. The van der Waals surface area contributed by atoms with Crippen LogP contribution in [0.4, 0.5) is 5.69 Å². The second-order valence-corrected chi connectivity index (χ2v) is 7.16. The topological polar surface area (TPSA) is 98.5 Å². The van der Waals surface area contributed by atoms with Crippen LogP contribution in [0.25, 0.3) is 0 Å². The molecule has 0 aliphatic carbocycles. The second-order valence-electron chi connectivity index (χ2n) is 4.76. The van der Waals surface area contributed by atoms with E-state index >= 15 is 0 Å². The van der Waals surface area contributed by atoms with Crippen molar-refractivity contribution in [2.75, 3.05) is 24.6 Å². The van der Waals surface area contributed by atoms with E-state index in [-0.39, 0.29) is 24.8 Å². The first-order valence-electron chi connectivity index (χ1n) is 6.44. The average Bonchev–Trinajstić information content (AvgIpc) is 2.74. The average molecular weight is 298 g/mol. The monoisotopic (exact) mass is 298 g/mol. The second kappa shape index (κ2) is 6.13. The van der Waals surface area contributed by atoms with Crippen molar-refractivity contribution >= 4 is 21.4 Å². The van der Waals surface area contributed by atoms with Gasteiger partial charge in [0.1, 0.15) is 5.75 Å². The zero-order valence-corrected chi connectivity index (χ0v) is 11.9. The molecule has 0 aromatic heterocycles. The maximum atomic E-state index is 11.6. The van der Waals surface area contributed by atoms with Crippen molar-refractivity contribution in [1.29, 1.82) is 0 Å². The number of hydrogen-bond donors (Lipinski definition) is 2. The SMILES string of the molecule is Nc1ccccc1OCC(=O)NCC1CCCS1(=O)=O.